The van der Waals surface area contributed by atoms with Gasteiger partial charge < -0.3 is 14.6 Å². The van der Waals surface area contributed by atoms with Crippen molar-refractivity contribution in [3.05, 3.63) is 59.8 Å². The highest BCUT2D eigenvalue weighted by Gasteiger charge is 2.13. The number of carbonyl (C=O) groups excluding carboxylic acids is 1. The first-order chi connectivity index (χ1) is 10.5. The highest BCUT2D eigenvalue weighted by molar-refractivity contribution is 5.74. The molecule has 0 radical (unpaired) electrons. The quantitative estimate of drug-likeness (QED) is 0.886. The van der Waals surface area contributed by atoms with Crippen molar-refractivity contribution in [1.29, 1.82) is 0 Å². The molecule has 1 unspecified atom stereocenters. The molecule has 0 fully saturated rings. The predicted octanol–water partition coefficient (Wildman–Crippen LogP) is 3.58. The third-order valence-corrected chi connectivity index (χ3v) is 3.43. The smallest absolute Gasteiger partial charge is 0.317 e. The minimum Gasteiger partial charge on any atom is -0.469 e. The summed E-state index contributed by atoms with van der Waals surface area (Å²) in [7, 11) is 1.69. The summed E-state index contributed by atoms with van der Waals surface area (Å²) in [6.45, 7) is 2.32. The summed E-state index contributed by atoms with van der Waals surface area (Å²) in [5.41, 5.74) is 0.765. The first-order valence-electron chi connectivity index (χ1n) is 7.33. The average molecular weight is 304 g/mol. The van der Waals surface area contributed by atoms with Crippen LogP contribution in [0.3, 0.4) is 0 Å². The lowest BCUT2D eigenvalue weighted by Crippen LogP contribution is -2.41. The second-order valence-corrected chi connectivity index (χ2v) is 5.45. The number of furan rings is 1. The van der Waals surface area contributed by atoms with E-state index < -0.39 is 0 Å². The van der Waals surface area contributed by atoms with Gasteiger partial charge in [-0.3, -0.25) is 0 Å². The zero-order valence-electron chi connectivity index (χ0n) is 12.9. The van der Waals surface area contributed by atoms with Gasteiger partial charge in [0.25, 0.3) is 0 Å². The van der Waals surface area contributed by atoms with Crippen LogP contribution in [0.25, 0.3) is 0 Å². The van der Waals surface area contributed by atoms with Crippen LogP contribution in [-0.4, -0.2) is 24.0 Å². The van der Waals surface area contributed by atoms with Crippen LogP contribution in [-0.2, 0) is 13.0 Å². The Hall–Kier alpha value is -2.30. The molecule has 2 amide bonds. The second kappa shape index (κ2) is 7.64. The van der Waals surface area contributed by atoms with E-state index in [9.17, 15) is 9.18 Å². The monoisotopic (exact) mass is 304 g/mol. The first kappa shape index (κ1) is 16.1. The average Bonchev–Trinajstić information content (AvgIpc) is 2.98. The zero-order valence-corrected chi connectivity index (χ0v) is 12.9. The lowest BCUT2D eigenvalue weighted by Gasteiger charge is -2.21. The van der Waals surface area contributed by atoms with Crippen LogP contribution in [0.5, 0.6) is 0 Å². The number of nitrogens with zero attached hydrogens (tertiary/aromatic N) is 1. The molecular weight excluding hydrogens is 283 g/mol. The molecule has 1 atom stereocenters. The molecule has 0 spiro atoms. The van der Waals surface area contributed by atoms with E-state index in [4.69, 9.17) is 4.42 Å². The van der Waals surface area contributed by atoms with Crippen LogP contribution in [0.15, 0.2) is 47.1 Å². The molecule has 0 aliphatic rings. The van der Waals surface area contributed by atoms with E-state index in [0.29, 0.717) is 6.54 Å². The molecule has 118 valence electrons. The Morgan fingerprint density at radius 3 is 2.86 bits per heavy atom. The van der Waals surface area contributed by atoms with Crippen LogP contribution in [0.1, 0.15) is 24.7 Å². The van der Waals surface area contributed by atoms with Crippen molar-refractivity contribution >= 4 is 6.03 Å². The lowest BCUT2D eigenvalue weighted by molar-refractivity contribution is 0.202. The third kappa shape index (κ3) is 4.91. The zero-order chi connectivity index (χ0) is 15.9. The van der Waals surface area contributed by atoms with Crippen molar-refractivity contribution in [1.82, 2.24) is 10.2 Å². The van der Waals surface area contributed by atoms with E-state index >= 15 is 0 Å². The van der Waals surface area contributed by atoms with Crippen molar-refractivity contribution in [3.63, 3.8) is 0 Å². The maximum Gasteiger partial charge on any atom is 0.317 e. The van der Waals surface area contributed by atoms with Crippen molar-refractivity contribution in [3.8, 4) is 0 Å². The minimum atomic E-state index is -0.293. The van der Waals surface area contributed by atoms with E-state index in [2.05, 4.69) is 5.32 Å². The number of halogens is 1. The molecule has 0 aliphatic heterocycles. The van der Waals surface area contributed by atoms with Gasteiger partial charge in [0.2, 0.25) is 0 Å². The van der Waals surface area contributed by atoms with E-state index in [0.717, 1.165) is 24.2 Å². The Kier molecular flexibility index (Phi) is 5.58. The second-order valence-electron chi connectivity index (χ2n) is 5.45. The number of rotatable bonds is 6. The molecule has 4 nitrogen and oxygen atoms in total. The van der Waals surface area contributed by atoms with Crippen LogP contribution >= 0.6 is 0 Å². The Labute approximate surface area is 129 Å². The maximum absolute atomic E-state index is 13.1. The van der Waals surface area contributed by atoms with Crippen molar-refractivity contribution in [2.75, 3.05) is 7.05 Å². The number of amides is 2. The standard InChI is InChI=1S/C17H21FN2O2/c1-13(8-9-16-7-4-10-22-16)19-17(21)20(2)12-14-5-3-6-15(18)11-14/h3-7,10-11,13H,8-9,12H2,1-2H3,(H,19,21). The molecule has 0 saturated carbocycles. The lowest BCUT2D eigenvalue weighted by atomic mass is 10.1. The highest BCUT2D eigenvalue weighted by Crippen LogP contribution is 2.08. The van der Waals surface area contributed by atoms with E-state index in [1.54, 1.807) is 25.4 Å². The van der Waals surface area contributed by atoms with E-state index in [1.807, 2.05) is 19.1 Å². The predicted molar refractivity (Wildman–Crippen MR) is 82.9 cm³/mol. The van der Waals surface area contributed by atoms with Gasteiger partial charge >= 0.3 is 6.03 Å². The van der Waals surface area contributed by atoms with Gasteiger partial charge in [-0.2, -0.15) is 0 Å². The molecule has 0 saturated heterocycles. The van der Waals surface area contributed by atoms with Gasteiger partial charge in [-0.15, -0.1) is 0 Å². The first-order valence-corrected chi connectivity index (χ1v) is 7.33. The summed E-state index contributed by atoms with van der Waals surface area (Å²) >= 11 is 0. The fourth-order valence-electron chi connectivity index (χ4n) is 2.19. The van der Waals surface area contributed by atoms with Crippen LogP contribution in [0, 0.1) is 5.82 Å². The number of nitrogens with one attached hydrogen (secondary N) is 1. The summed E-state index contributed by atoms with van der Waals surface area (Å²) in [5.74, 6) is 0.618. The Morgan fingerprint density at radius 1 is 1.36 bits per heavy atom. The molecule has 1 heterocycles. The van der Waals surface area contributed by atoms with Crippen LogP contribution in [0.2, 0.25) is 0 Å². The number of urea groups is 1. The molecule has 22 heavy (non-hydrogen) atoms. The van der Waals surface area contributed by atoms with Crippen molar-refractivity contribution in [2.24, 2.45) is 0 Å². The molecule has 0 bridgehead atoms. The fraction of sp³-hybridized carbons (Fsp3) is 0.353. The minimum absolute atomic E-state index is 0.0348. The molecule has 2 aromatic rings. The summed E-state index contributed by atoms with van der Waals surface area (Å²) in [6, 6.07) is 9.90. The molecule has 1 N–H and O–H groups in total. The summed E-state index contributed by atoms with van der Waals surface area (Å²) in [4.78, 5) is 13.6. The van der Waals surface area contributed by atoms with Gasteiger partial charge in [0, 0.05) is 26.1 Å². The molecule has 0 aliphatic carbocycles. The Bertz CT molecular complexity index is 598. The number of hydrogen-bond acceptors (Lipinski definition) is 2. The fourth-order valence-corrected chi connectivity index (χ4v) is 2.19. The maximum atomic E-state index is 13.1. The number of hydrogen-bond donors (Lipinski definition) is 1. The van der Waals surface area contributed by atoms with Gasteiger partial charge in [0.15, 0.2) is 0 Å². The van der Waals surface area contributed by atoms with Crippen LogP contribution < -0.4 is 5.32 Å². The Morgan fingerprint density at radius 2 is 2.18 bits per heavy atom. The topological polar surface area (TPSA) is 45.5 Å². The number of benzene rings is 1. The van der Waals surface area contributed by atoms with Gasteiger partial charge in [-0.25, -0.2) is 9.18 Å². The van der Waals surface area contributed by atoms with E-state index in [1.165, 1.54) is 17.0 Å². The van der Waals surface area contributed by atoms with Gasteiger partial charge in [0.05, 0.1) is 6.26 Å². The summed E-state index contributed by atoms with van der Waals surface area (Å²) < 4.78 is 18.4. The normalized spacial score (nSPS) is 12.0. The third-order valence-electron chi connectivity index (χ3n) is 3.43. The van der Waals surface area contributed by atoms with Crippen molar-refractivity contribution in [2.45, 2.75) is 32.4 Å². The van der Waals surface area contributed by atoms with Gasteiger partial charge in [-0.1, -0.05) is 12.1 Å². The molecule has 1 aromatic carbocycles. The summed E-state index contributed by atoms with van der Waals surface area (Å²) in [5, 5.41) is 2.93. The van der Waals surface area contributed by atoms with Gasteiger partial charge in [-0.05, 0) is 43.2 Å². The number of aryl methyl sites for hydroxylation is 1. The van der Waals surface area contributed by atoms with E-state index in [-0.39, 0.29) is 17.9 Å². The van der Waals surface area contributed by atoms with Gasteiger partial charge in [0.1, 0.15) is 11.6 Å². The number of carbonyl (C=O) groups is 1. The molecule has 5 heteroatoms. The molecule has 1 aromatic heterocycles. The van der Waals surface area contributed by atoms with Crippen molar-refractivity contribution < 1.29 is 13.6 Å². The molecule has 2 rings (SSSR count). The Balaban J connectivity index is 1.77. The molecular formula is C17H21FN2O2. The largest absolute Gasteiger partial charge is 0.469 e. The highest BCUT2D eigenvalue weighted by atomic mass is 19.1. The summed E-state index contributed by atoms with van der Waals surface area (Å²) in [6.07, 6.45) is 3.22. The SMILES string of the molecule is CC(CCc1ccco1)NC(=O)N(C)Cc1cccc(F)c1. The van der Waals surface area contributed by atoms with Crippen LogP contribution in [0.4, 0.5) is 9.18 Å².